The lowest BCUT2D eigenvalue weighted by atomic mass is 9.55. The zero-order valence-corrected chi connectivity index (χ0v) is 32.8. The van der Waals surface area contributed by atoms with Gasteiger partial charge >= 0.3 is 5.97 Å². The van der Waals surface area contributed by atoms with Crippen molar-refractivity contribution >= 4 is 18.1 Å². The van der Waals surface area contributed by atoms with Gasteiger partial charge in [-0.2, -0.15) is 0 Å². The van der Waals surface area contributed by atoms with Crippen LogP contribution in [0.3, 0.4) is 0 Å². The zero-order valence-electron chi connectivity index (χ0n) is 32.8. The average Bonchev–Trinajstić information content (AvgIpc) is 3.71. The minimum atomic E-state index is -0.664. The molecule has 0 aliphatic heterocycles. The van der Waals surface area contributed by atoms with E-state index in [4.69, 9.17) is 0 Å². The fraction of sp³-hybridized carbons (Fsp3) is 0.510. The monoisotopic (exact) mass is 724 g/mol. The molecule has 2 bridgehead atoms. The van der Waals surface area contributed by atoms with Crippen LogP contribution < -0.4 is 10.4 Å². The maximum Gasteiger partial charge on any atom is 0.307 e. The molecule has 7 rings (SSSR count). The Labute approximate surface area is 325 Å². The highest BCUT2D eigenvalue weighted by Crippen LogP contribution is 2.52. The van der Waals surface area contributed by atoms with Crippen molar-refractivity contribution in [2.45, 2.75) is 134 Å². The Morgan fingerprint density at radius 3 is 2.37 bits per heavy atom. The van der Waals surface area contributed by atoms with Crippen LogP contribution in [0.5, 0.6) is 5.75 Å². The van der Waals surface area contributed by atoms with E-state index < -0.39 is 17.3 Å². The quantitative estimate of drug-likeness (QED) is 0.136. The minimum Gasteiger partial charge on any atom is -0.508 e. The smallest absolute Gasteiger partial charge is 0.307 e. The van der Waals surface area contributed by atoms with E-state index in [-0.39, 0.29) is 0 Å². The molecule has 0 amide bonds. The van der Waals surface area contributed by atoms with Crippen LogP contribution in [0.1, 0.15) is 138 Å². The van der Waals surface area contributed by atoms with Gasteiger partial charge in [-0.1, -0.05) is 143 Å². The summed E-state index contributed by atoms with van der Waals surface area (Å²) in [7, 11) is 0. The largest absolute Gasteiger partial charge is 0.508 e. The second-order valence-corrected chi connectivity index (χ2v) is 17.4. The van der Waals surface area contributed by atoms with Crippen molar-refractivity contribution < 1.29 is 15.0 Å². The second kappa shape index (κ2) is 18.2. The first kappa shape index (κ1) is 38.4. The summed E-state index contributed by atoms with van der Waals surface area (Å²) < 4.78 is 0. The summed E-state index contributed by atoms with van der Waals surface area (Å²) in [5, 5.41) is 24.5. The molecule has 4 aliphatic carbocycles. The first-order chi connectivity index (χ1) is 26.4. The number of carboxylic acid groups (broad SMARTS) is 1. The van der Waals surface area contributed by atoms with Crippen molar-refractivity contribution in [3.05, 3.63) is 124 Å². The van der Waals surface area contributed by atoms with E-state index in [1.165, 1.54) is 84.9 Å². The second-order valence-electron chi connectivity index (χ2n) is 17.4. The normalized spacial score (nSPS) is 28.2. The van der Waals surface area contributed by atoms with E-state index in [1.807, 2.05) is 6.07 Å². The molecule has 54 heavy (non-hydrogen) atoms. The number of hydrogen-bond acceptors (Lipinski definition) is 2. The van der Waals surface area contributed by atoms with Crippen molar-refractivity contribution in [2.75, 3.05) is 0 Å². The molecular weight excluding hydrogens is 661 g/mol. The van der Waals surface area contributed by atoms with E-state index in [2.05, 4.69) is 104 Å². The lowest BCUT2D eigenvalue weighted by Gasteiger charge is -2.48. The summed E-state index contributed by atoms with van der Waals surface area (Å²) in [5.74, 6) is 1.62. The average molecular weight is 725 g/mol. The Kier molecular flexibility index (Phi) is 12.9. The molecule has 286 valence electrons. The van der Waals surface area contributed by atoms with Crippen molar-refractivity contribution in [1.82, 2.24) is 0 Å². The number of aryl methyl sites for hydroxylation is 1. The maximum absolute atomic E-state index is 13.4. The molecule has 0 unspecified atom stereocenters. The number of fused-ring (bicyclic) bond motifs is 5. The SMILES string of the molecule is CCCCCc1cc([C@@H]2Cc3cccc(c3)[C@]3(CC[C@@H]4C=c5ccccc5=C[C@@H]4C3)[C@H](C(=O)O)C/C=C\C[C@@H]2CCCCCC[C@@H]2C=CCC2)ccc1O. The Balaban J connectivity index is 1.20. The molecule has 7 atom stereocenters. The molecule has 1 spiro atoms. The molecule has 4 aliphatic rings. The third kappa shape index (κ3) is 8.98. The van der Waals surface area contributed by atoms with Gasteiger partial charge in [0.25, 0.3) is 0 Å². The van der Waals surface area contributed by atoms with Crippen molar-refractivity contribution in [3.8, 4) is 5.75 Å². The minimum absolute atomic E-state index is 0.318. The first-order valence-corrected chi connectivity index (χ1v) is 21.7. The van der Waals surface area contributed by atoms with Crippen LogP contribution in [0, 0.1) is 29.6 Å². The summed E-state index contributed by atoms with van der Waals surface area (Å²) in [6.07, 6.45) is 34.0. The Bertz CT molecular complexity index is 1900. The Morgan fingerprint density at radius 2 is 1.59 bits per heavy atom. The fourth-order valence-electron chi connectivity index (χ4n) is 10.8. The van der Waals surface area contributed by atoms with Gasteiger partial charge in [-0.25, -0.2) is 0 Å². The third-order valence-electron chi connectivity index (χ3n) is 13.9. The van der Waals surface area contributed by atoms with Gasteiger partial charge < -0.3 is 10.2 Å². The number of benzene rings is 3. The van der Waals surface area contributed by atoms with Gasteiger partial charge in [-0.05, 0) is 145 Å². The van der Waals surface area contributed by atoms with Crippen molar-refractivity contribution in [2.24, 2.45) is 29.6 Å². The topological polar surface area (TPSA) is 57.5 Å². The van der Waals surface area contributed by atoms with Gasteiger partial charge in [0, 0.05) is 5.41 Å². The molecule has 0 aromatic heterocycles. The number of hydrogen-bond donors (Lipinski definition) is 2. The molecule has 0 saturated heterocycles. The van der Waals surface area contributed by atoms with Crippen LogP contribution >= 0.6 is 0 Å². The molecule has 3 aromatic rings. The molecule has 1 saturated carbocycles. The van der Waals surface area contributed by atoms with Crippen LogP contribution in [0.4, 0.5) is 0 Å². The van der Waals surface area contributed by atoms with Crippen LogP contribution in [0.2, 0.25) is 0 Å². The van der Waals surface area contributed by atoms with E-state index in [1.54, 1.807) is 0 Å². The summed E-state index contributed by atoms with van der Waals surface area (Å²) in [6.45, 7) is 2.23. The van der Waals surface area contributed by atoms with E-state index in [9.17, 15) is 15.0 Å². The number of aliphatic carboxylic acids is 1. The predicted molar refractivity (Wildman–Crippen MR) is 224 cm³/mol. The van der Waals surface area contributed by atoms with E-state index in [0.29, 0.717) is 35.8 Å². The number of allylic oxidation sites excluding steroid dienone is 4. The molecule has 3 nitrogen and oxygen atoms in total. The van der Waals surface area contributed by atoms with Gasteiger partial charge in [0.2, 0.25) is 0 Å². The highest BCUT2D eigenvalue weighted by atomic mass is 16.4. The molecule has 2 N–H and O–H groups in total. The molecular formula is C51H64O3. The number of unbranched alkanes of at least 4 members (excludes halogenated alkanes) is 5. The van der Waals surface area contributed by atoms with Gasteiger partial charge in [0.15, 0.2) is 0 Å². The standard InChI is InChI=1S/C51H64O3/c1-2-3-6-24-44-35-43(27-28-49(44)52)47-32-38-19-15-25-46(31-38)51(30-29-42-33-40-22-11-12-23-41(40)34-45(42)36-51)48(50(53)54)26-14-13-21-39(47)20-8-5-4-7-16-37-17-9-10-18-37/h9,11-15,17,19,22-23,25,27-28,31,33-35,37,39,42,45,47-48,52H,2-8,10,16,18,20-21,24,26,29-30,32,36H2,1H3,(H,53,54)/b14-13-/t37-,39+,42-,45-,47-,48+,51-/m1/s1. The van der Waals surface area contributed by atoms with Crippen LogP contribution in [-0.4, -0.2) is 16.2 Å². The van der Waals surface area contributed by atoms with Crippen LogP contribution in [0.15, 0.2) is 91.0 Å². The van der Waals surface area contributed by atoms with Crippen LogP contribution in [-0.2, 0) is 23.1 Å². The molecule has 0 radical (unpaired) electrons. The Morgan fingerprint density at radius 1 is 0.796 bits per heavy atom. The van der Waals surface area contributed by atoms with E-state index in [0.717, 1.165) is 62.8 Å². The molecule has 1 fully saturated rings. The van der Waals surface area contributed by atoms with Gasteiger partial charge in [0.1, 0.15) is 5.75 Å². The third-order valence-corrected chi connectivity index (χ3v) is 13.9. The number of carbonyl (C=O) groups is 1. The van der Waals surface area contributed by atoms with Gasteiger partial charge in [-0.15, -0.1) is 0 Å². The highest BCUT2D eigenvalue weighted by Gasteiger charge is 2.49. The number of rotatable bonds is 13. The number of aromatic hydroxyl groups is 1. The lowest BCUT2D eigenvalue weighted by molar-refractivity contribution is -0.145. The molecule has 3 aromatic carbocycles. The summed E-state index contributed by atoms with van der Waals surface area (Å²) in [5.41, 5.74) is 4.52. The molecule has 3 heteroatoms. The zero-order chi connectivity index (χ0) is 37.3. The summed E-state index contributed by atoms with van der Waals surface area (Å²) in [6, 6.07) is 24.3. The maximum atomic E-state index is 13.4. The summed E-state index contributed by atoms with van der Waals surface area (Å²) >= 11 is 0. The predicted octanol–water partition coefficient (Wildman–Crippen LogP) is 11.4. The summed E-state index contributed by atoms with van der Waals surface area (Å²) in [4.78, 5) is 13.4. The van der Waals surface area contributed by atoms with E-state index >= 15 is 0 Å². The number of phenolic OH excluding ortho intramolecular Hbond substituents is 1. The first-order valence-electron chi connectivity index (χ1n) is 21.7. The Hall–Kier alpha value is -3.85. The van der Waals surface area contributed by atoms with Crippen LogP contribution in [0.25, 0.3) is 12.2 Å². The number of phenols is 1. The molecule has 0 heterocycles. The van der Waals surface area contributed by atoms with Crippen molar-refractivity contribution in [3.63, 3.8) is 0 Å². The van der Waals surface area contributed by atoms with Gasteiger partial charge in [0.05, 0.1) is 5.92 Å². The van der Waals surface area contributed by atoms with Crippen molar-refractivity contribution in [1.29, 1.82) is 0 Å². The highest BCUT2D eigenvalue weighted by molar-refractivity contribution is 5.73. The lowest BCUT2D eigenvalue weighted by Crippen LogP contribution is -2.47. The van der Waals surface area contributed by atoms with Gasteiger partial charge in [-0.3, -0.25) is 4.79 Å². The fourth-order valence-corrected chi connectivity index (χ4v) is 10.8. The number of carboxylic acids is 1.